The monoisotopic (exact) mass is 465 g/mol. The van der Waals surface area contributed by atoms with Crippen LogP contribution in [0.3, 0.4) is 0 Å². The second-order valence-electron chi connectivity index (χ2n) is 7.75. The topological polar surface area (TPSA) is 101 Å². The first-order valence-corrected chi connectivity index (χ1v) is 10.7. The number of hydrogen-bond acceptors (Lipinski definition) is 4. The first-order valence-electron chi connectivity index (χ1n) is 10.7. The van der Waals surface area contributed by atoms with Crippen molar-refractivity contribution < 1.29 is 23.2 Å². The van der Waals surface area contributed by atoms with E-state index in [0.29, 0.717) is 35.2 Å². The minimum Gasteiger partial charge on any atom is -0.370 e. The number of anilines is 1. The van der Waals surface area contributed by atoms with Gasteiger partial charge in [0.15, 0.2) is 5.78 Å². The number of primary amides is 1. The maximum absolute atomic E-state index is 13.3. The number of allylic oxidation sites excluding steroid dienone is 5. The molecule has 1 aliphatic rings. The summed E-state index contributed by atoms with van der Waals surface area (Å²) in [5.41, 5.74) is 8.67. The van der Waals surface area contributed by atoms with Gasteiger partial charge in [0, 0.05) is 41.0 Å². The fourth-order valence-corrected chi connectivity index (χ4v) is 3.62. The van der Waals surface area contributed by atoms with Gasteiger partial charge in [-0.15, -0.1) is 0 Å². The van der Waals surface area contributed by atoms with Crippen LogP contribution in [-0.2, 0) is 17.6 Å². The summed E-state index contributed by atoms with van der Waals surface area (Å²) in [6.07, 6.45) is 4.61. The second kappa shape index (κ2) is 11.2. The third-order valence-corrected chi connectivity index (χ3v) is 5.37. The van der Waals surface area contributed by atoms with Crippen LogP contribution in [0.15, 0.2) is 72.7 Å². The molecule has 0 saturated carbocycles. The summed E-state index contributed by atoms with van der Waals surface area (Å²) < 4.78 is 26.6. The van der Waals surface area contributed by atoms with Crippen molar-refractivity contribution in [2.45, 2.75) is 19.3 Å². The molecule has 3 rings (SSSR count). The number of ketones is 1. The molecule has 34 heavy (non-hydrogen) atoms. The van der Waals surface area contributed by atoms with Crippen LogP contribution < -0.4 is 16.4 Å². The van der Waals surface area contributed by atoms with Gasteiger partial charge >= 0.3 is 0 Å². The molecule has 0 heterocycles. The largest absolute Gasteiger partial charge is 0.370 e. The zero-order valence-corrected chi connectivity index (χ0v) is 18.5. The fraction of sp³-hybridized carbons (Fsp3) is 0.192. The molecule has 2 aromatic rings. The van der Waals surface area contributed by atoms with Gasteiger partial charge in [-0.3, -0.25) is 14.4 Å². The van der Waals surface area contributed by atoms with E-state index in [-0.39, 0.29) is 24.4 Å². The van der Waals surface area contributed by atoms with Crippen LogP contribution in [0.1, 0.15) is 43.8 Å². The van der Waals surface area contributed by atoms with E-state index in [9.17, 15) is 23.2 Å². The standard InChI is InChI=1S/C26H25F2N3O3/c1-2-19(28)7-8-21(15-27)31-20-9-10-22-17(13-20)5-3-16-4-6-18(14-23(16)25(22)33)26(34)30-12-11-24(29)32/h2,4,6-10,13-14,31H,1,3,5,11-12,15H2,(H2,29,32)(H,30,34)/b19-7+,21-8+. The molecule has 4 N–H and O–H groups in total. The Morgan fingerprint density at radius 2 is 1.82 bits per heavy atom. The summed E-state index contributed by atoms with van der Waals surface area (Å²) in [7, 11) is 0. The van der Waals surface area contributed by atoms with Gasteiger partial charge in [0.2, 0.25) is 5.91 Å². The third kappa shape index (κ3) is 6.04. The number of nitrogens with one attached hydrogen (secondary N) is 2. The minimum absolute atomic E-state index is 0.0259. The lowest BCUT2D eigenvalue weighted by atomic mass is 9.96. The van der Waals surface area contributed by atoms with Crippen molar-refractivity contribution in [3.63, 3.8) is 0 Å². The molecule has 0 aromatic heterocycles. The first kappa shape index (κ1) is 24.6. The molecule has 0 saturated heterocycles. The van der Waals surface area contributed by atoms with Crippen molar-refractivity contribution in [2.75, 3.05) is 18.5 Å². The zero-order valence-electron chi connectivity index (χ0n) is 18.5. The molecule has 176 valence electrons. The molecule has 8 heteroatoms. The summed E-state index contributed by atoms with van der Waals surface area (Å²) in [6, 6.07) is 10.0. The molecular weight excluding hydrogens is 440 g/mol. The number of rotatable bonds is 9. The molecular formula is C26H25F2N3O3. The molecule has 1 aliphatic carbocycles. The fourth-order valence-electron chi connectivity index (χ4n) is 3.62. The van der Waals surface area contributed by atoms with Gasteiger partial charge in [0.05, 0.1) is 0 Å². The maximum atomic E-state index is 13.3. The Labute approximate surface area is 196 Å². The quantitative estimate of drug-likeness (QED) is 0.489. The highest BCUT2D eigenvalue weighted by molar-refractivity contribution is 6.12. The van der Waals surface area contributed by atoms with Crippen LogP contribution in [0.4, 0.5) is 14.5 Å². The molecule has 2 aromatic carbocycles. The minimum atomic E-state index is -0.827. The average molecular weight is 466 g/mol. The van der Waals surface area contributed by atoms with E-state index in [0.717, 1.165) is 23.3 Å². The molecule has 0 radical (unpaired) electrons. The normalized spacial score (nSPS) is 13.4. The Bertz CT molecular complexity index is 1200. The number of amides is 2. The predicted octanol–water partition coefficient (Wildman–Crippen LogP) is 3.93. The van der Waals surface area contributed by atoms with Crippen LogP contribution in [0.25, 0.3) is 0 Å². The molecule has 6 nitrogen and oxygen atoms in total. The highest BCUT2D eigenvalue weighted by Crippen LogP contribution is 2.28. The van der Waals surface area contributed by atoms with E-state index >= 15 is 0 Å². The van der Waals surface area contributed by atoms with Crippen molar-refractivity contribution >= 4 is 23.3 Å². The first-order chi connectivity index (χ1) is 16.3. The van der Waals surface area contributed by atoms with Gasteiger partial charge in [-0.2, -0.15) is 0 Å². The predicted molar refractivity (Wildman–Crippen MR) is 127 cm³/mol. The van der Waals surface area contributed by atoms with Gasteiger partial charge in [-0.05, 0) is 72.5 Å². The summed E-state index contributed by atoms with van der Waals surface area (Å²) in [5.74, 6) is -1.71. The molecule has 0 fully saturated rings. The number of halogens is 2. The molecule has 0 atom stereocenters. The summed E-state index contributed by atoms with van der Waals surface area (Å²) in [4.78, 5) is 36.5. The van der Waals surface area contributed by atoms with Crippen molar-refractivity contribution in [1.82, 2.24) is 5.32 Å². The maximum Gasteiger partial charge on any atom is 0.251 e. The number of alkyl halides is 1. The molecule has 0 unspecified atom stereocenters. The molecule has 0 bridgehead atoms. The number of carbonyl (C=O) groups excluding carboxylic acids is 3. The van der Waals surface area contributed by atoms with E-state index in [1.807, 2.05) is 0 Å². The third-order valence-electron chi connectivity index (χ3n) is 5.37. The lowest BCUT2D eigenvalue weighted by Crippen LogP contribution is -2.28. The van der Waals surface area contributed by atoms with Crippen molar-refractivity contribution in [3.05, 3.63) is 101 Å². The van der Waals surface area contributed by atoms with Gasteiger partial charge in [-0.25, -0.2) is 8.78 Å². The Hall–Kier alpha value is -4.07. The van der Waals surface area contributed by atoms with Crippen molar-refractivity contribution in [3.8, 4) is 0 Å². The van der Waals surface area contributed by atoms with Crippen LogP contribution >= 0.6 is 0 Å². The van der Waals surface area contributed by atoms with E-state index in [2.05, 4.69) is 17.2 Å². The van der Waals surface area contributed by atoms with Gasteiger partial charge in [-0.1, -0.05) is 12.6 Å². The van der Waals surface area contributed by atoms with Crippen molar-refractivity contribution in [2.24, 2.45) is 5.73 Å². The van der Waals surface area contributed by atoms with E-state index in [1.165, 1.54) is 6.08 Å². The number of fused-ring (bicyclic) bond motifs is 2. The molecule has 0 spiro atoms. The molecule has 2 amide bonds. The highest BCUT2D eigenvalue weighted by atomic mass is 19.1. The number of nitrogens with two attached hydrogens (primary N) is 1. The summed E-state index contributed by atoms with van der Waals surface area (Å²) in [6.45, 7) is 2.59. The Kier molecular flexibility index (Phi) is 8.08. The summed E-state index contributed by atoms with van der Waals surface area (Å²) in [5, 5.41) is 5.52. The number of benzene rings is 2. The van der Waals surface area contributed by atoms with Crippen LogP contribution in [0.5, 0.6) is 0 Å². The zero-order chi connectivity index (χ0) is 24.7. The van der Waals surface area contributed by atoms with Crippen LogP contribution in [0.2, 0.25) is 0 Å². The Morgan fingerprint density at radius 3 is 2.53 bits per heavy atom. The Balaban J connectivity index is 1.82. The SMILES string of the molecule is C=C/C(F)=C\C=C(/CF)Nc1ccc2c(c1)CCc1ccc(C(=O)NCCC(N)=O)cc1C2=O. The number of aryl methyl sites for hydroxylation is 2. The van der Waals surface area contributed by atoms with Gasteiger partial charge in [0.1, 0.15) is 12.5 Å². The second-order valence-corrected chi connectivity index (χ2v) is 7.75. The average Bonchev–Trinajstić information content (AvgIpc) is 2.97. The van der Waals surface area contributed by atoms with E-state index in [4.69, 9.17) is 5.73 Å². The Morgan fingerprint density at radius 1 is 1.06 bits per heavy atom. The highest BCUT2D eigenvalue weighted by Gasteiger charge is 2.23. The number of hydrogen-bond donors (Lipinski definition) is 3. The summed E-state index contributed by atoms with van der Waals surface area (Å²) >= 11 is 0. The van der Waals surface area contributed by atoms with Gasteiger partial charge in [0.25, 0.3) is 5.91 Å². The lowest BCUT2D eigenvalue weighted by Gasteiger charge is -2.11. The van der Waals surface area contributed by atoms with Crippen LogP contribution in [0, 0.1) is 0 Å². The lowest BCUT2D eigenvalue weighted by molar-refractivity contribution is -0.117. The van der Waals surface area contributed by atoms with E-state index in [1.54, 1.807) is 36.4 Å². The van der Waals surface area contributed by atoms with E-state index < -0.39 is 24.3 Å². The number of carbonyl (C=O) groups is 3. The smallest absolute Gasteiger partial charge is 0.251 e. The molecule has 0 aliphatic heterocycles. The van der Waals surface area contributed by atoms with Crippen molar-refractivity contribution in [1.29, 1.82) is 0 Å². The van der Waals surface area contributed by atoms with Gasteiger partial charge < -0.3 is 16.4 Å². The van der Waals surface area contributed by atoms with Crippen LogP contribution in [-0.4, -0.2) is 30.8 Å².